The van der Waals surface area contributed by atoms with E-state index in [4.69, 9.17) is 4.74 Å². The van der Waals surface area contributed by atoms with Gasteiger partial charge in [-0.25, -0.2) is 0 Å². The van der Waals surface area contributed by atoms with Crippen molar-refractivity contribution in [3.63, 3.8) is 0 Å². The third kappa shape index (κ3) is 4.78. The summed E-state index contributed by atoms with van der Waals surface area (Å²) >= 11 is 1.37. The quantitative estimate of drug-likeness (QED) is 0.415. The van der Waals surface area contributed by atoms with Crippen LogP contribution < -0.4 is 10.1 Å². The maximum atomic E-state index is 13.3. The summed E-state index contributed by atoms with van der Waals surface area (Å²) in [5.41, 5.74) is 2.51. The molecule has 4 aromatic rings. The summed E-state index contributed by atoms with van der Waals surface area (Å²) in [5.74, 6) is 1.29. The highest BCUT2D eigenvalue weighted by atomic mass is 32.2. The number of ether oxygens (including phenoxy) is 1. The summed E-state index contributed by atoms with van der Waals surface area (Å²) in [5, 5.41) is 11.7. The largest absolute Gasteiger partial charge is 0.497 e. The van der Waals surface area contributed by atoms with Crippen molar-refractivity contribution in [3.05, 3.63) is 96.3 Å². The minimum absolute atomic E-state index is 0.148. The van der Waals surface area contributed by atoms with Crippen LogP contribution in [0, 0.1) is 6.92 Å². The van der Waals surface area contributed by atoms with Crippen LogP contribution in [0.5, 0.6) is 5.75 Å². The number of para-hydroxylation sites is 1. The van der Waals surface area contributed by atoms with E-state index in [1.807, 2.05) is 90.4 Å². The van der Waals surface area contributed by atoms with Gasteiger partial charge in [0.05, 0.1) is 7.11 Å². The zero-order valence-corrected chi connectivity index (χ0v) is 18.0. The number of amides is 1. The number of hydrogen-bond acceptors (Lipinski definition) is 5. The zero-order valence-electron chi connectivity index (χ0n) is 17.2. The van der Waals surface area contributed by atoms with Crippen LogP contribution in [0.15, 0.2) is 90.1 Å². The highest BCUT2D eigenvalue weighted by molar-refractivity contribution is 8.00. The molecule has 1 atom stereocenters. The number of carbonyl (C=O) groups is 1. The average molecular weight is 431 g/mol. The number of aromatic nitrogens is 3. The molecule has 0 spiro atoms. The van der Waals surface area contributed by atoms with E-state index >= 15 is 0 Å². The molecular formula is C24H22N4O2S. The van der Waals surface area contributed by atoms with Gasteiger partial charge in [-0.1, -0.05) is 66.4 Å². The van der Waals surface area contributed by atoms with Gasteiger partial charge in [-0.05, 0) is 36.8 Å². The number of benzene rings is 3. The maximum absolute atomic E-state index is 13.3. The monoisotopic (exact) mass is 430 g/mol. The molecule has 7 heteroatoms. The lowest BCUT2D eigenvalue weighted by Crippen LogP contribution is -2.19. The molecule has 0 aliphatic carbocycles. The summed E-state index contributed by atoms with van der Waals surface area (Å²) in [4.78, 5) is 13.3. The number of aryl methyl sites for hydroxylation is 1. The third-order valence-corrected chi connectivity index (χ3v) is 5.91. The molecule has 31 heavy (non-hydrogen) atoms. The van der Waals surface area contributed by atoms with E-state index in [1.165, 1.54) is 11.8 Å². The predicted octanol–water partition coefficient (Wildman–Crippen LogP) is 5.06. The Balaban J connectivity index is 1.67. The van der Waals surface area contributed by atoms with Crippen LogP contribution in [-0.4, -0.2) is 27.8 Å². The molecule has 0 aliphatic heterocycles. The molecule has 1 aromatic heterocycles. The van der Waals surface area contributed by atoms with Crippen LogP contribution in [-0.2, 0) is 4.79 Å². The van der Waals surface area contributed by atoms with Gasteiger partial charge in [0.1, 0.15) is 16.8 Å². The van der Waals surface area contributed by atoms with Crippen molar-refractivity contribution in [2.24, 2.45) is 0 Å². The standard InChI is InChI=1S/C24H22N4O2S/c1-17-26-27-24(28(17)20-13-7-4-8-14-20)31-22(18-10-5-3-6-11-18)23(29)25-19-12-9-15-21(16-19)30-2/h3-16,22H,1-2H3,(H,25,29)/t22-/m1/s1. The number of rotatable bonds is 7. The van der Waals surface area contributed by atoms with Crippen molar-refractivity contribution in [1.82, 2.24) is 14.8 Å². The van der Waals surface area contributed by atoms with Gasteiger partial charge in [0, 0.05) is 17.4 Å². The molecule has 0 bridgehead atoms. The van der Waals surface area contributed by atoms with Gasteiger partial charge in [-0.15, -0.1) is 10.2 Å². The highest BCUT2D eigenvalue weighted by Gasteiger charge is 2.26. The van der Waals surface area contributed by atoms with Crippen molar-refractivity contribution in [1.29, 1.82) is 0 Å². The second-order valence-corrected chi connectivity index (χ2v) is 7.90. The summed E-state index contributed by atoms with van der Waals surface area (Å²) in [6, 6.07) is 26.9. The fourth-order valence-corrected chi connectivity index (χ4v) is 4.31. The van der Waals surface area contributed by atoms with Gasteiger partial charge in [-0.2, -0.15) is 0 Å². The van der Waals surface area contributed by atoms with Gasteiger partial charge in [0.25, 0.3) is 0 Å². The fourth-order valence-electron chi connectivity index (χ4n) is 3.21. The van der Waals surface area contributed by atoms with Crippen LogP contribution in [0.25, 0.3) is 5.69 Å². The number of carbonyl (C=O) groups excluding carboxylic acids is 1. The van der Waals surface area contributed by atoms with Crippen LogP contribution in [0.4, 0.5) is 5.69 Å². The molecule has 156 valence electrons. The van der Waals surface area contributed by atoms with Gasteiger partial charge in [-0.3, -0.25) is 9.36 Å². The summed E-state index contributed by atoms with van der Waals surface area (Å²) in [6.07, 6.45) is 0. The van der Waals surface area contributed by atoms with E-state index in [9.17, 15) is 4.79 Å². The molecule has 0 unspecified atom stereocenters. The van der Waals surface area contributed by atoms with Gasteiger partial charge >= 0.3 is 0 Å². The molecule has 1 N–H and O–H groups in total. The lowest BCUT2D eigenvalue weighted by molar-refractivity contribution is -0.115. The fraction of sp³-hybridized carbons (Fsp3) is 0.125. The van der Waals surface area contributed by atoms with Crippen LogP contribution >= 0.6 is 11.8 Å². The van der Waals surface area contributed by atoms with E-state index in [0.717, 1.165) is 17.1 Å². The SMILES string of the molecule is COc1cccc(NC(=O)[C@H](Sc2nnc(C)n2-c2ccccc2)c2ccccc2)c1. The van der Waals surface area contributed by atoms with Crippen LogP contribution in [0.1, 0.15) is 16.6 Å². The maximum Gasteiger partial charge on any atom is 0.242 e. The minimum atomic E-state index is -0.515. The first-order chi connectivity index (χ1) is 15.2. The first-order valence-corrected chi connectivity index (χ1v) is 10.7. The molecule has 4 rings (SSSR count). The summed E-state index contributed by atoms with van der Waals surface area (Å²) < 4.78 is 7.22. The van der Waals surface area contributed by atoms with Crippen molar-refractivity contribution in [2.45, 2.75) is 17.3 Å². The van der Waals surface area contributed by atoms with Crippen molar-refractivity contribution in [2.75, 3.05) is 12.4 Å². The first kappa shape index (κ1) is 20.7. The average Bonchev–Trinajstić information content (AvgIpc) is 3.18. The van der Waals surface area contributed by atoms with Crippen molar-refractivity contribution >= 4 is 23.4 Å². The van der Waals surface area contributed by atoms with E-state index in [1.54, 1.807) is 13.2 Å². The molecule has 0 saturated heterocycles. The zero-order chi connectivity index (χ0) is 21.6. The van der Waals surface area contributed by atoms with Crippen molar-refractivity contribution in [3.8, 4) is 11.4 Å². The second-order valence-electron chi connectivity index (χ2n) is 6.83. The number of methoxy groups -OCH3 is 1. The number of hydrogen-bond donors (Lipinski definition) is 1. The van der Waals surface area contributed by atoms with E-state index in [-0.39, 0.29) is 5.91 Å². The lowest BCUT2D eigenvalue weighted by atomic mass is 10.1. The normalized spacial score (nSPS) is 11.7. The third-order valence-electron chi connectivity index (χ3n) is 4.71. The minimum Gasteiger partial charge on any atom is -0.497 e. The van der Waals surface area contributed by atoms with E-state index < -0.39 is 5.25 Å². The Morgan fingerprint density at radius 1 is 0.968 bits per heavy atom. The van der Waals surface area contributed by atoms with Crippen LogP contribution in [0.3, 0.4) is 0 Å². The molecule has 6 nitrogen and oxygen atoms in total. The molecule has 0 saturated carbocycles. The Kier molecular flexibility index (Phi) is 6.33. The molecular weight excluding hydrogens is 408 g/mol. The number of thioether (sulfide) groups is 1. The smallest absolute Gasteiger partial charge is 0.242 e. The van der Waals surface area contributed by atoms with E-state index in [2.05, 4.69) is 15.5 Å². The number of nitrogens with zero attached hydrogens (tertiary/aromatic N) is 3. The highest BCUT2D eigenvalue weighted by Crippen LogP contribution is 2.36. The van der Waals surface area contributed by atoms with Gasteiger partial charge in [0.15, 0.2) is 5.16 Å². The van der Waals surface area contributed by atoms with Gasteiger partial charge in [0.2, 0.25) is 5.91 Å². The Morgan fingerprint density at radius 3 is 2.39 bits per heavy atom. The van der Waals surface area contributed by atoms with Crippen molar-refractivity contribution < 1.29 is 9.53 Å². The Hall–Kier alpha value is -3.58. The molecule has 0 fully saturated rings. The summed E-state index contributed by atoms with van der Waals surface area (Å²) in [7, 11) is 1.60. The number of nitrogens with one attached hydrogen (secondary N) is 1. The topological polar surface area (TPSA) is 69.0 Å². The molecule has 1 amide bonds. The molecule has 0 radical (unpaired) electrons. The Labute approximate surface area is 185 Å². The first-order valence-electron chi connectivity index (χ1n) is 9.79. The molecule has 3 aromatic carbocycles. The molecule has 0 aliphatic rings. The Bertz CT molecular complexity index is 1160. The van der Waals surface area contributed by atoms with E-state index in [0.29, 0.717) is 16.6 Å². The Morgan fingerprint density at radius 2 is 1.68 bits per heavy atom. The lowest BCUT2D eigenvalue weighted by Gasteiger charge is -2.17. The van der Waals surface area contributed by atoms with Gasteiger partial charge < -0.3 is 10.1 Å². The van der Waals surface area contributed by atoms with Crippen LogP contribution in [0.2, 0.25) is 0 Å². The molecule has 1 heterocycles. The number of anilines is 1. The second kappa shape index (κ2) is 9.49. The predicted molar refractivity (Wildman–Crippen MR) is 123 cm³/mol. The summed E-state index contributed by atoms with van der Waals surface area (Å²) in [6.45, 7) is 1.90.